The molecular formula is C14H22N2. The molecule has 0 radical (unpaired) electrons. The minimum Gasteiger partial charge on any atom is -0.323 e. The number of rotatable bonds is 3. The van der Waals surface area contributed by atoms with Crippen LogP contribution >= 0.6 is 0 Å². The summed E-state index contributed by atoms with van der Waals surface area (Å²) in [6.07, 6.45) is 10.2. The van der Waals surface area contributed by atoms with Crippen LogP contribution in [0.15, 0.2) is 18.5 Å². The molecule has 16 heavy (non-hydrogen) atoms. The number of pyridine rings is 1. The van der Waals surface area contributed by atoms with Crippen molar-refractivity contribution in [1.82, 2.24) is 4.98 Å². The molecule has 0 bridgehead atoms. The molecule has 1 aliphatic rings. The second-order valence-corrected chi connectivity index (χ2v) is 5.20. The van der Waals surface area contributed by atoms with Crippen molar-refractivity contribution in [1.29, 1.82) is 0 Å². The van der Waals surface area contributed by atoms with Gasteiger partial charge in [0.25, 0.3) is 0 Å². The monoisotopic (exact) mass is 218 g/mol. The van der Waals surface area contributed by atoms with Crippen molar-refractivity contribution in [2.75, 3.05) is 0 Å². The van der Waals surface area contributed by atoms with Crippen molar-refractivity contribution >= 4 is 0 Å². The van der Waals surface area contributed by atoms with Gasteiger partial charge in [0.1, 0.15) is 0 Å². The summed E-state index contributed by atoms with van der Waals surface area (Å²) in [5.41, 5.74) is 9.22. The Morgan fingerprint density at radius 1 is 1.38 bits per heavy atom. The lowest BCUT2D eigenvalue weighted by Crippen LogP contribution is -2.31. The number of hydrogen-bond acceptors (Lipinski definition) is 2. The largest absolute Gasteiger partial charge is 0.323 e. The third-order valence-electron chi connectivity index (χ3n) is 4.22. The fourth-order valence-corrected chi connectivity index (χ4v) is 3.07. The Balaban J connectivity index is 2.26. The lowest BCUT2D eigenvalue weighted by atomic mass is 9.74. The topological polar surface area (TPSA) is 38.9 Å². The van der Waals surface area contributed by atoms with Gasteiger partial charge in [-0.05, 0) is 42.7 Å². The maximum Gasteiger partial charge on any atom is 0.0367 e. The molecule has 1 fully saturated rings. The van der Waals surface area contributed by atoms with Crippen LogP contribution in [-0.4, -0.2) is 4.98 Å². The van der Waals surface area contributed by atoms with Gasteiger partial charge >= 0.3 is 0 Å². The van der Waals surface area contributed by atoms with Gasteiger partial charge in [-0.1, -0.05) is 25.8 Å². The second-order valence-electron chi connectivity index (χ2n) is 5.20. The van der Waals surface area contributed by atoms with Gasteiger partial charge < -0.3 is 5.73 Å². The molecule has 1 atom stereocenters. The van der Waals surface area contributed by atoms with Crippen LogP contribution in [0.1, 0.15) is 56.2 Å². The van der Waals surface area contributed by atoms with Crippen LogP contribution in [0.2, 0.25) is 0 Å². The maximum atomic E-state index is 6.47. The molecule has 88 valence electrons. The highest BCUT2D eigenvalue weighted by Crippen LogP contribution is 2.48. The lowest BCUT2D eigenvalue weighted by Gasteiger charge is -2.34. The van der Waals surface area contributed by atoms with E-state index in [2.05, 4.69) is 24.9 Å². The number of hydrogen-bond donors (Lipinski definition) is 1. The minimum absolute atomic E-state index is 0.160. The van der Waals surface area contributed by atoms with Gasteiger partial charge in [0.15, 0.2) is 0 Å². The summed E-state index contributed by atoms with van der Waals surface area (Å²) < 4.78 is 0. The van der Waals surface area contributed by atoms with E-state index in [4.69, 9.17) is 5.73 Å². The number of nitrogens with two attached hydrogens (primary N) is 1. The molecule has 2 N–H and O–H groups in total. The third kappa shape index (κ3) is 1.99. The van der Waals surface area contributed by atoms with E-state index in [0.717, 1.165) is 0 Å². The number of nitrogens with zero attached hydrogens (tertiary/aromatic N) is 1. The molecule has 1 saturated carbocycles. The smallest absolute Gasteiger partial charge is 0.0367 e. The zero-order valence-corrected chi connectivity index (χ0v) is 10.4. The van der Waals surface area contributed by atoms with Crippen LogP contribution in [0, 0.1) is 12.3 Å². The zero-order chi connectivity index (χ0) is 11.6. The van der Waals surface area contributed by atoms with E-state index in [-0.39, 0.29) is 6.04 Å². The quantitative estimate of drug-likeness (QED) is 0.845. The van der Waals surface area contributed by atoms with Crippen LogP contribution in [-0.2, 0) is 0 Å². The first-order valence-electron chi connectivity index (χ1n) is 6.35. The van der Waals surface area contributed by atoms with Crippen LogP contribution in [0.25, 0.3) is 0 Å². The fourth-order valence-electron chi connectivity index (χ4n) is 3.07. The predicted molar refractivity (Wildman–Crippen MR) is 67.1 cm³/mol. The first kappa shape index (κ1) is 11.6. The van der Waals surface area contributed by atoms with E-state index in [1.165, 1.54) is 43.2 Å². The molecule has 0 spiro atoms. The first-order chi connectivity index (χ1) is 7.68. The van der Waals surface area contributed by atoms with Gasteiger partial charge in [0.2, 0.25) is 0 Å². The molecule has 0 amide bonds. The number of aryl methyl sites for hydroxylation is 1. The van der Waals surface area contributed by atoms with Crippen LogP contribution < -0.4 is 5.73 Å². The lowest BCUT2D eigenvalue weighted by molar-refractivity contribution is 0.222. The van der Waals surface area contributed by atoms with Crippen molar-refractivity contribution in [3.05, 3.63) is 29.6 Å². The highest BCUT2D eigenvalue weighted by atomic mass is 14.7. The molecule has 1 aromatic heterocycles. The summed E-state index contributed by atoms with van der Waals surface area (Å²) in [5, 5.41) is 0. The molecule has 0 aliphatic heterocycles. The van der Waals surface area contributed by atoms with E-state index in [1.54, 1.807) is 0 Å². The van der Waals surface area contributed by atoms with E-state index in [1.807, 2.05) is 12.4 Å². The average Bonchev–Trinajstić information content (AvgIpc) is 2.78. The summed E-state index contributed by atoms with van der Waals surface area (Å²) >= 11 is 0. The summed E-state index contributed by atoms with van der Waals surface area (Å²) in [7, 11) is 0. The minimum atomic E-state index is 0.160. The van der Waals surface area contributed by atoms with Crippen LogP contribution in [0.4, 0.5) is 0 Å². The van der Waals surface area contributed by atoms with Gasteiger partial charge in [-0.15, -0.1) is 0 Å². The molecule has 2 nitrogen and oxygen atoms in total. The Morgan fingerprint density at radius 2 is 2.06 bits per heavy atom. The Kier molecular flexibility index (Phi) is 3.29. The van der Waals surface area contributed by atoms with Gasteiger partial charge in [-0.2, -0.15) is 0 Å². The van der Waals surface area contributed by atoms with Crippen molar-refractivity contribution < 1.29 is 0 Å². The Bertz CT molecular complexity index is 354. The average molecular weight is 218 g/mol. The highest BCUT2D eigenvalue weighted by Gasteiger charge is 2.38. The van der Waals surface area contributed by atoms with Gasteiger partial charge in [-0.3, -0.25) is 4.98 Å². The van der Waals surface area contributed by atoms with Crippen LogP contribution in [0.3, 0.4) is 0 Å². The van der Waals surface area contributed by atoms with E-state index in [9.17, 15) is 0 Å². The van der Waals surface area contributed by atoms with Crippen molar-refractivity contribution in [3.63, 3.8) is 0 Å². The molecular weight excluding hydrogens is 196 g/mol. The molecule has 2 rings (SSSR count). The molecule has 2 heteroatoms. The molecule has 0 saturated heterocycles. The summed E-state index contributed by atoms with van der Waals surface area (Å²) in [4.78, 5) is 4.26. The fraction of sp³-hybridized carbons (Fsp3) is 0.643. The zero-order valence-electron chi connectivity index (χ0n) is 10.4. The molecule has 1 aromatic rings. The van der Waals surface area contributed by atoms with E-state index in [0.29, 0.717) is 5.41 Å². The number of aromatic nitrogens is 1. The van der Waals surface area contributed by atoms with Crippen molar-refractivity contribution in [2.45, 2.75) is 52.0 Å². The summed E-state index contributed by atoms with van der Waals surface area (Å²) in [6, 6.07) is 2.35. The standard InChI is InChI=1S/C14H22N2/c1-3-14(6-4-5-7-14)13(15)12-8-11(2)9-16-10-12/h8-10,13H,3-7,15H2,1-2H3. The SMILES string of the molecule is CCC1(C(N)c2cncc(C)c2)CCCC1. The second kappa shape index (κ2) is 4.54. The van der Waals surface area contributed by atoms with Crippen molar-refractivity contribution in [3.8, 4) is 0 Å². The Labute approximate surface area is 98.3 Å². The normalized spacial score (nSPS) is 20.9. The third-order valence-corrected chi connectivity index (χ3v) is 4.22. The predicted octanol–water partition coefficient (Wildman–Crippen LogP) is 3.36. The summed E-state index contributed by atoms with van der Waals surface area (Å²) in [6.45, 7) is 4.35. The molecule has 1 unspecified atom stereocenters. The molecule has 1 aliphatic carbocycles. The van der Waals surface area contributed by atoms with Crippen LogP contribution in [0.5, 0.6) is 0 Å². The Morgan fingerprint density at radius 3 is 2.62 bits per heavy atom. The van der Waals surface area contributed by atoms with Gasteiger partial charge in [-0.25, -0.2) is 0 Å². The van der Waals surface area contributed by atoms with Crippen molar-refractivity contribution in [2.24, 2.45) is 11.1 Å². The maximum absolute atomic E-state index is 6.47. The molecule has 1 heterocycles. The van der Waals surface area contributed by atoms with E-state index >= 15 is 0 Å². The van der Waals surface area contributed by atoms with Gasteiger partial charge in [0.05, 0.1) is 0 Å². The first-order valence-corrected chi connectivity index (χ1v) is 6.35. The Hall–Kier alpha value is -0.890. The summed E-state index contributed by atoms with van der Waals surface area (Å²) in [5.74, 6) is 0. The molecule has 0 aromatic carbocycles. The van der Waals surface area contributed by atoms with Gasteiger partial charge in [0, 0.05) is 18.4 Å². The highest BCUT2D eigenvalue weighted by molar-refractivity contribution is 5.22. The van der Waals surface area contributed by atoms with E-state index < -0.39 is 0 Å².